The lowest BCUT2D eigenvalue weighted by Crippen LogP contribution is -2.45. The Morgan fingerprint density at radius 1 is 1.35 bits per heavy atom. The topological polar surface area (TPSA) is 70.4 Å². The zero-order chi connectivity index (χ0) is 18.5. The second kappa shape index (κ2) is 9.08. The molecule has 1 saturated carbocycles. The molecule has 2 atom stereocenters. The number of thioether (sulfide) groups is 1. The SMILES string of the molecule is CSCCCNC(=NCc1nnc(C)n1C)NC1CC(C)N(C2CC2)C1. The van der Waals surface area contributed by atoms with Crippen LogP contribution < -0.4 is 10.6 Å². The number of aliphatic imine (C=N–C) groups is 1. The first-order valence-electron chi connectivity index (χ1n) is 9.73. The predicted octanol–water partition coefficient (Wildman–Crippen LogP) is 1.54. The van der Waals surface area contributed by atoms with E-state index in [2.05, 4.69) is 38.9 Å². The molecule has 1 saturated heterocycles. The molecule has 1 aliphatic carbocycles. The van der Waals surface area contributed by atoms with E-state index < -0.39 is 0 Å². The van der Waals surface area contributed by atoms with E-state index in [0.29, 0.717) is 18.6 Å². The quantitative estimate of drug-likeness (QED) is 0.406. The molecule has 0 spiro atoms. The lowest BCUT2D eigenvalue weighted by molar-refractivity contribution is 0.256. The summed E-state index contributed by atoms with van der Waals surface area (Å²) in [5.74, 6) is 3.88. The second-order valence-corrected chi connectivity index (χ2v) is 8.50. The van der Waals surface area contributed by atoms with Crippen LogP contribution in [0.25, 0.3) is 0 Å². The molecule has 0 radical (unpaired) electrons. The molecule has 2 aliphatic rings. The number of aromatic nitrogens is 3. The third-order valence-electron chi connectivity index (χ3n) is 5.36. The summed E-state index contributed by atoms with van der Waals surface area (Å²) in [6, 6.07) is 1.96. The smallest absolute Gasteiger partial charge is 0.191 e. The molecule has 2 N–H and O–H groups in total. The summed E-state index contributed by atoms with van der Waals surface area (Å²) in [5, 5.41) is 15.5. The lowest BCUT2D eigenvalue weighted by atomic mass is 10.2. The first kappa shape index (κ1) is 19.5. The first-order valence-corrected chi connectivity index (χ1v) is 11.1. The van der Waals surface area contributed by atoms with Crippen molar-refractivity contribution in [1.82, 2.24) is 30.3 Å². The van der Waals surface area contributed by atoms with E-state index in [1.807, 2.05) is 30.3 Å². The van der Waals surface area contributed by atoms with Crippen LogP contribution >= 0.6 is 11.8 Å². The zero-order valence-electron chi connectivity index (χ0n) is 16.5. The molecular weight excluding hydrogens is 346 g/mol. The van der Waals surface area contributed by atoms with Crippen LogP contribution in [-0.4, -0.2) is 68.8 Å². The highest BCUT2D eigenvalue weighted by Gasteiger charge is 2.38. The Kier molecular flexibility index (Phi) is 6.80. The molecule has 0 aromatic carbocycles. The molecule has 1 aromatic rings. The van der Waals surface area contributed by atoms with Crippen LogP contribution in [0.5, 0.6) is 0 Å². The van der Waals surface area contributed by atoms with Crippen LogP contribution in [0, 0.1) is 6.92 Å². The van der Waals surface area contributed by atoms with Crippen LogP contribution in [0.15, 0.2) is 4.99 Å². The average molecular weight is 380 g/mol. The highest BCUT2D eigenvalue weighted by atomic mass is 32.2. The normalized spacial score (nSPS) is 24.2. The van der Waals surface area contributed by atoms with Crippen LogP contribution in [0.1, 0.15) is 44.3 Å². The summed E-state index contributed by atoms with van der Waals surface area (Å²) in [4.78, 5) is 7.45. The third kappa shape index (κ3) is 5.13. The molecule has 2 heterocycles. The molecular formula is C18H33N7S. The van der Waals surface area contributed by atoms with Crippen LogP contribution in [0.3, 0.4) is 0 Å². The lowest BCUT2D eigenvalue weighted by Gasteiger charge is -2.20. The Balaban J connectivity index is 1.58. The van der Waals surface area contributed by atoms with E-state index in [0.717, 1.165) is 43.2 Å². The fourth-order valence-electron chi connectivity index (χ4n) is 3.58. The number of nitrogens with zero attached hydrogens (tertiary/aromatic N) is 5. The number of aryl methyl sites for hydroxylation is 1. The molecule has 8 heteroatoms. The van der Waals surface area contributed by atoms with E-state index in [1.165, 1.54) is 25.0 Å². The molecule has 26 heavy (non-hydrogen) atoms. The second-order valence-electron chi connectivity index (χ2n) is 7.51. The van der Waals surface area contributed by atoms with Gasteiger partial charge in [0.2, 0.25) is 0 Å². The average Bonchev–Trinajstić information content (AvgIpc) is 3.33. The molecule has 2 unspecified atom stereocenters. The Labute approximate surface area is 161 Å². The Hall–Kier alpha value is -1.28. The Morgan fingerprint density at radius 3 is 2.81 bits per heavy atom. The minimum atomic E-state index is 0.471. The van der Waals surface area contributed by atoms with E-state index in [1.54, 1.807) is 0 Å². The number of hydrogen-bond donors (Lipinski definition) is 2. The van der Waals surface area contributed by atoms with Gasteiger partial charge in [0.05, 0.1) is 0 Å². The van der Waals surface area contributed by atoms with Gasteiger partial charge in [0.25, 0.3) is 0 Å². The largest absolute Gasteiger partial charge is 0.356 e. The minimum Gasteiger partial charge on any atom is -0.356 e. The summed E-state index contributed by atoms with van der Waals surface area (Å²) in [6.07, 6.45) is 7.22. The van der Waals surface area contributed by atoms with Gasteiger partial charge in [-0.15, -0.1) is 10.2 Å². The molecule has 146 valence electrons. The van der Waals surface area contributed by atoms with Gasteiger partial charge in [0.15, 0.2) is 11.8 Å². The molecule has 0 bridgehead atoms. The van der Waals surface area contributed by atoms with Crippen molar-refractivity contribution < 1.29 is 0 Å². The van der Waals surface area contributed by atoms with Gasteiger partial charge in [-0.2, -0.15) is 11.8 Å². The molecule has 1 aliphatic heterocycles. The van der Waals surface area contributed by atoms with Gasteiger partial charge in [0, 0.05) is 38.3 Å². The fourth-order valence-corrected chi connectivity index (χ4v) is 4.02. The maximum Gasteiger partial charge on any atom is 0.191 e. The van der Waals surface area contributed by atoms with Crippen LogP contribution in [0.4, 0.5) is 0 Å². The van der Waals surface area contributed by atoms with Gasteiger partial charge in [-0.25, -0.2) is 4.99 Å². The van der Waals surface area contributed by atoms with Gasteiger partial charge in [0.1, 0.15) is 12.4 Å². The van der Waals surface area contributed by atoms with Crippen molar-refractivity contribution in [2.75, 3.05) is 25.1 Å². The van der Waals surface area contributed by atoms with Crippen LogP contribution in [0.2, 0.25) is 0 Å². The number of rotatable bonds is 8. The van der Waals surface area contributed by atoms with Crippen molar-refractivity contribution in [1.29, 1.82) is 0 Å². The Bertz CT molecular complexity index is 611. The maximum atomic E-state index is 4.79. The van der Waals surface area contributed by atoms with Gasteiger partial charge >= 0.3 is 0 Å². The van der Waals surface area contributed by atoms with Crippen molar-refractivity contribution in [2.24, 2.45) is 12.0 Å². The minimum absolute atomic E-state index is 0.471. The highest BCUT2D eigenvalue weighted by molar-refractivity contribution is 7.98. The van der Waals surface area contributed by atoms with Gasteiger partial charge in [-0.1, -0.05) is 0 Å². The van der Waals surface area contributed by atoms with E-state index >= 15 is 0 Å². The van der Waals surface area contributed by atoms with Crippen molar-refractivity contribution in [3.05, 3.63) is 11.6 Å². The van der Waals surface area contributed by atoms with E-state index in [9.17, 15) is 0 Å². The standard InChI is InChI=1S/C18H33N7S/c1-13-10-15(12-25(13)16-6-7-16)21-18(19-8-5-9-26-4)20-11-17-23-22-14(2)24(17)3/h13,15-16H,5-12H2,1-4H3,(H2,19,20,21). The van der Waals surface area contributed by atoms with Gasteiger partial charge in [-0.3, -0.25) is 4.90 Å². The van der Waals surface area contributed by atoms with Crippen molar-refractivity contribution in [3.63, 3.8) is 0 Å². The number of nitrogens with one attached hydrogen (secondary N) is 2. The van der Waals surface area contributed by atoms with E-state index in [4.69, 9.17) is 4.99 Å². The third-order valence-corrected chi connectivity index (χ3v) is 6.06. The van der Waals surface area contributed by atoms with Crippen molar-refractivity contribution in [2.45, 2.75) is 64.2 Å². The molecule has 3 rings (SSSR count). The maximum absolute atomic E-state index is 4.79. The summed E-state index contributed by atoms with van der Waals surface area (Å²) in [7, 11) is 1.99. The first-order chi connectivity index (χ1) is 12.6. The molecule has 2 fully saturated rings. The highest BCUT2D eigenvalue weighted by Crippen LogP contribution is 2.33. The van der Waals surface area contributed by atoms with Crippen molar-refractivity contribution >= 4 is 17.7 Å². The van der Waals surface area contributed by atoms with Crippen molar-refractivity contribution in [3.8, 4) is 0 Å². The molecule has 0 amide bonds. The number of guanidine groups is 1. The van der Waals surface area contributed by atoms with Crippen LogP contribution in [-0.2, 0) is 13.6 Å². The monoisotopic (exact) mass is 379 g/mol. The summed E-state index contributed by atoms with van der Waals surface area (Å²) in [5.41, 5.74) is 0. The van der Waals surface area contributed by atoms with Gasteiger partial charge in [-0.05, 0) is 51.5 Å². The Morgan fingerprint density at radius 2 is 2.15 bits per heavy atom. The summed E-state index contributed by atoms with van der Waals surface area (Å²) >= 11 is 1.88. The molecule has 7 nitrogen and oxygen atoms in total. The summed E-state index contributed by atoms with van der Waals surface area (Å²) < 4.78 is 2.00. The number of likely N-dealkylation sites (tertiary alicyclic amines) is 1. The zero-order valence-corrected chi connectivity index (χ0v) is 17.3. The number of hydrogen-bond acceptors (Lipinski definition) is 5. The van der Waals surface area contributed by atoms with E-state index in [-0.39, 0.29) is 0 Å². The molecule has 1 aromatic heterocycles. The van der Waals surface area contributed by atoms with Gasteiger partial charge < -0.3 is 15.2 Å². The fraction of sp³-hybridized carbons (Fsp3) is 0.833. The predicted molar refractivity (Wildman–Crippen MR) is 109 cm³/mol. The summed E-state index contributed by atoms with van der Waals surface area (Å²) in [6.45, 7) is 6.93.